The maximum Gasteiger partial charge on any atom is 0.295 e. The van der Waals surface area contributed by atoms with Crippen molar-refractivity contribution in [1.29, 1.82) is 0 Å². The summed E-state index contributed by atoms with van der Waals surface area (Å²) in [6.45, 7) is 0.951. The van der Waals surface area contributed by atoms with Gasteiger partial charge >= 0.3 is 0 Å². The van der Waals surface area contributed by atoms with Gasteiger partial charge < -0.3 is 24.4 Å². The van der Waals surface area contributed by atoms with Crippen LogP contribution in [0.5, 0.6) is 11.5 Å². The van der Waals surface area contributed by atoms with Crippen molar-refractivity contribution in [3.8, 4) is 11.5 Å². The minimum Gasteiger partial charge on any atom is -0.507 e. The van der Waals surface area contributed by atoms with E-state index in [0.717, 1.165) is 5.56 Å². The number of amides is 1. The molecule has 0 bridgehead atoms. The summed E-state index contributed by atoms with van der Waals surface area (Å²) in [6.07, 6.45) is 0. The molecular weight excluding hydrogens is 384 g/mol. The molecule has 0 saturated carbocycles. The van der Waals surface area contributed by atoms with Crippen LogP contribution in [0.1, 0.15) is 17.2 Å². The number of likely N-dealkylation sites (N-methyl/N-ethyl adjacent to an activating group) is 1. The van der Waals surface area contributed by atoms with Gasteiger partial charge in [-0.3, -0.25) is 9.59 Å². The van der Waals surface area contributed by atoms with Crippen molar-refractivity contribution in [3.63, 3.8) is 0 Å². The highest BCUT2D eigenvalue weighted by atomic mass is 16.5. The fourth-order valence-corrected chi connectivity index (χ4v) is 3.54. The van der Waals surface area contributed by atoms with Gasteiger partial charge in [-0.25, -0.2) is 0 Å². The molecule has 1 N–H and O–H groups in total. The van der Waals surface area contributed by atoms with Gasteiger partial charge in [-0.1, -0.05) is 30.3 Å². The Kier molecular flexibility index (Phi) is 6.42. The van der Waals surface area contributed by atoms with E-state index in [0.29, 0.717) is 30.2 Å². The van der Waals surface area contributed by atoms with E-state index in [9.17, 15) is 14.7 Å². The average Bonchev–Trinajstić information content (AvgIpc) is 3.01. The Hall–Kier alpha value is -3.32. The first-order chi connectivity index (χ1) is 14.4. The molecule has 2 aromatic carbocycles. The summed E-state index contributed by atoms with van der Waals surface area (Å²) in [7, 11) is 6.81. The Morgan fingerprint density at radius 2 is 1.70 bits per heavy atom. The number of methoxy groups -OCH3 is 2. The zero-order valence-electron chi connectivity index (χ0n) is 17.6. The standard InChI is InChI=1S/C23H26N2O5/c1-24(2)12-13-25-20(15-8-6-5-7-9-15)19(22(27)23(25)28)21(26)16-10-11-17(29-3)18(14-16)30-4/h5-11,14,20,26H,12-13H2,1-4H3/b21-19+/t20-/m1/s1. The molecule has 158 valence electrons. The molecule has 0 radical (unpaired) electrons. The van der Waals surface area contributed by atoms with Crippen LogP contribution in [0.3, 0.4) is 0 Å². The van der Waals surface area contributed by atoms with Gasteiger partial charge in [0, 0.05) is 18.7 Å². The molecule has 1 heterocycles. The Morgan fingerprint density at radius 1 is 1.03 bits per heavy atom. The molecule has 1 aliphatic rings. The molecule has 7 heteroatoms. The van der Waals surface area contributed by atoms with E-state index in [4.69, 9.17) is 9.47 Å². The van der Waals surface area contributed by atoms with Crippen molar-refractivity contribution in [1.82, 2.24) is 9.80 Å². The second-order valence-corrected chi connectivity index (χ2v) is 7.28. The third kappa shape index (κ3) is 4.02. The number of aliphatic hydroxyl groups is 1. The molecule has 30 heavy (non-hydrogen) atoms. The molecule has 1 fully saturated rings. The number of ether oxygens (including phenoxy) is 2. The van der Waals surface area contributed by atoms with Gasteiger partial charge in [0.15, 0.2) is 11.5 Å². The number of hydrogen-bond acceptors (Lipinski definition) is 6. The van der Waals surface area contributed by atoms with Crippen molar-refractivity contribution < 1.29 is 24.2 Å². The molecule has 1 amide bonds. The molecule has 7 nitrogen and oxygen atoms in total. The van der Waals surface area contributed by atoms with Crippen LogP contribution < -0.4 is 9.47 Å². The number of aliphatic hydroxyl groups excluding tert-OH is 1. The second kappa shape index (κ2) is 9.00. The van der Waals surface area contributed by atoms with E-state index in [1.807, 2.05) is 49.3 Å². The van der Waals surface area contributed by atoms with Gasteiger partial charge in [0.25, 0.3) is 11.7 Å². The van der Waals surface area contributed by atoms with Crippen LogP contribution in [0.2, 0.25) is 0 Å². The maximum atomic E-state index is 13.0. The Bertz CT molecular complexity index is 969. The van der Waals surface area contributed by atoms with Gasteiger partial charge in [-0.2, -0.15) is 0 Å². The van der Waals surface area contributed by atoms with Crippen LogP contribution in [0.15, 0.2) is 54.1 Å². The Labute approximate surface area is 176 Å². The number of benzene rings is 2. The first kappa shape index (κ1) is 21.4. The zero-order chi connectivity index (χ0) is 21.8. The van der Waals surface area contributed by atoms with Crippen LogP contribution in [0.25, 0.3) is 5.76 Å². The number of carbonyl (C=O) groups is 2. The zero-order valence-corrected chi connectivity index (χ0v) is 17.6. The van der Waals surface area contributed by atoms with E-state index in [2.05, 4.69) is 0 Å². The summed E-state index contributed by atoms with van der Waals surface area (Å²) < 4.78 is 10.5. The van der Waals surface area contributed by atoms with E-state index in [-0.39, 0.29) is 11.3 Å². The lowest BCUT2D eigenvalue weighted by Crippen LogP contribution is -2.35. The molecule has 2 aromatic rings. The van der Waals surface area contributed by atoms with Crippen molar-refractivity contribution in [3.05, 3.63) is 65.2 Å². The van der Waals surface area contributed by atoms with Crippen LogP contribution >= 0.6 is 0 Å². The maximum absolute atomic E-state index is 13.0. The fourth-order valence-electron chi connectivity index (χ4n) is 3.54. The smallest absolute Gasteiger partial charge is 0.295 e. The van der Waals surface area contributed by atoms with Crippen LogP contribution in [0.4, 0.5) is 0 Å². The summed E-state index contributed by atoms with van der Waals surface area (Å²) in [5.74, 6) is -0.641. The van der Waals surface area contributed by atoms with E-state index in [1.165, 1.54) is 19.1 Å². The molecule has 0 spiro atoms. The van der Waals surface area contributed by atoms with E-state index >= 15 is 0 Å². The van der Waals surface area contributed by atoms with Crippen LogP contribution in [0, 0.1) is 0 Å². The number of hydrogen-bond donors (Lipinski definition) is 1. The number of ketones is 1. The molecule has 0 unspecified atom stereocenters. The van der Waals surface area contributed by atoms with Gasteiger partial charge in [-0.15, -0.1) is 0 Å². The number of carbonyl (C=O) groups excluding carboxylic acids is 2. The summed E-state index contributed by atoms with van der Waals surface area (Å²) in [4.78, 5) is 29.3. The van der Waals surface area contributed by atoms with Gasteiger partial charge in [0.2, 0.25) is 0 Å². The topological polar surface area (TPSA) is 79.3 Å². The minimum atomic E-state index is -0.699. The largest absolute Gasteiger partial charge is 0.507 e. The van der Waals surface area contributed by atoms with Crippen LogP contribution in [-0.4, -0.2) is 68.0 Å². The molecule has 0 aliphatic carbocycles. The summed E-state index contributed by atoms with van der Waals surface area (Å²) in [5.41, 5.74) is 1.20. The van der Waals surface area contributed by atoms with Crippen molar-refractivity contribution >= 4 is 17.4 Å². The summed E-state index contributed by atoms with van der Waals surface area (Å²) in [6, 6.07) is 13.4. The molecule has 0 aromatic heterocycles. The first-order valence-electron chi connectivity index (χ1n) is 9.59. The van der Waals surface area contributed by atoms with Crippen molar-refractivity contribution in [2.24, 2.45) is 0 Å². The summed E-state index contributed by atoms with van der Waals surface area (Å²) in [5, 5.41) is 11.1. The Morgan fingerprint density at radius 3 is 2.30 bits per heavy atom. The molecular formula is C23H26N2O5. The molecule has 3 rings (SSSR count). The lowest BCUT2D eigenvalue weighted by atomic mass is 9.95. The molecule has 1 atom stereocenters. The predicted octanol–water partition coefficient (Wildman–Crippen LogP) is 2.69. The van der Waals surface area contributed by atoms with Crippen molar-refractivity contribution in [2.75, 3.05) is 41.4 Å². The second-order valence-electron chi connectivity index (χ2n) is 7.28. The SMILES string of the molecule is COc1ccc(/C(O)=C2\C(=O)C(=O)N(CCN(C)C)[C@@H]2c2ccccc2)cc1OC. The van der Waals surface area contributed by atoms with Crippen molar-refractivity contribution in [2.45, 2.75) is 6.04 Å². The minimum absolute atomic E-state index is 0.0668. The third-order valence-electron chi connectivity index (χ3n) is 5.10. The predicted molar refractivity (Wildman–Crippen MR) is 114 cm³/mol. The van der Waals surface area contributed by atoms with Gasteiger partial charge in [0.1, 0.15) is 5.76 Å². The number of Topliss-reactive ketones (excluding diaryl/α,β-unsaturated/α-hetero) is 1. The third-order valence-corrected chi connectivity index (χ3v) is 5.10. The summed E-state index contributed by atoms with van der Waals surface area (Å²) >= 11 is 0. The first-order valence-corrected chi connectivity index (χ1v) is 9.59. The lowest BCUT2D eigenvalue weighted by Gasteiger charge is -2.26. The molecule has 1 saturated heterocycles. The fraction of sp³-hybridized carbons (Fsp3) is 0.304. The quantitative estimate of drug-likeness (QED) is 0.430. The number of nitrogens with zero attached hydrogens (tertiary/aromatic N) is 2. The Balaban J connectivity index is 2.14. The molecule has 1 aliphatic heterocycles. The highest BCUT2D eigenvalue weighted by Crippen LogP contribution is 2.40. The normalized spacial score (nSPS) is 18.2. The van der Waals surface area contributed by atoms with Gasteiger partial charge in [-0.05, 0) is 37.9 Å². The van der Waals surface area contributed by atoms with E-state index < -0.39 is 17.7 Å². The number of likely N-dealkylation sites (tertiary alicyclic amines) is 1. The average molecular weight is 410 g/mol. The van der Waals surface area contributed by atoms with E-state index in [1.54, 1.807) is 18.2 Å². The monoisotopic (exact) mass is 410 g/mol. The van der Waals surface area contributed by atoms with Gasteiger partial charge in [0.05, 0.1) is 25.8 Å². The highest BCUT2D eigenvalue weighted by molar-refractivity contribution is 6.46. The highest BCUT2D eigenvalue weighted by Gasteiger charge is 2.45. The number of rotatable bonds is 7. The van der Waals surface area contributed by atoms with Crippen LogP contribution in [-0.2, 0) is 9.59 Å². The lowest BCUT2D eigenvalue weighted by molar-refractivity contribution is -0.140.